The van der Waals surface area contributed by atoms with Crippen molar-refractivity contribution in [2.75, 3.05) is 17.7 Å². The lowest BCUT2D eigenvalue weighted by Crippen LogP contribution is -2.12. The zero-order valence-corrected chi connectivity index (χ0v) is 19.4. The van der Waals surface area contributed by atoms with Crippen LogP contribution in [0.1, 0.15) is 45.4 Å². The molecule has 0 aliphatic rings. The Labute approximate surface area is 184 Å². The molecule has 0 bridgehead atoms. The third-order valence-electron chi connectivity index (χ3n) is 4.51. The van der Waals surface area contributed by atoms with Crippen molar-refractivity contribution < 1.29 is 14.3 Å². The second-order valence-electron chi connectivity index (χ2n) is 7.06. The lowest BCUT2D eigenvalue weighted by molar-refractivity contribution is -0.115. The number of nitrogens with one attached hydrogen (secondary N) is 1. The van der Waals surface area contributed by atoms with Crippen LogP contribution in [0.15, 0.2) is 23.2 Å². The van der Waals surface area contributed by atoms with Gasteiger partial charge in [-0.25, -0.2) is 14.8 Å². The minimum Gasteiger partial charge on any atom is -0.462 e. The fourth-order valence-corrected chi connectivity index (χ4v) is 4.94. The third-order valence-corrected chi connectivity index (χ3v) is 6.48. The second kappa shape index (κ2) is 9.57. The molecule has 8 heteroatoms. The molecule has 1 aromatic carbocycles. The maximum absolute atomic E-state index is 12.3. The van der Waals surface area contributed by atoms with Crippen LogP contribution in [0.25, 0.3) is 10.9 Å². The second-order valence-corrected chi connectivity index (χ2v) is 9.17. The van der Waals surface area contributed by atoms with Gasteiger partial charge in [-0.2, -0.15) is 0 Å². The minimum atomic E-state index is -0.410. The van der Waals surface area contributed by atoms with Gasteiger partial charge >= 0.3 is 5.97 Å². The van der Waals surface area contributed by atoms with E-state index < -0.39 is 5.97 Å². The highest BCUT2D eigenvalue weighted by Gasteiger charge is 2.17. The molecule has 0 aliphatic carbocycles. The quantitative estimate of drug-likeness (QED) is 0.398. The number of aromatic nitrogens is 2. The predicted molar refractivity (Wildman–Crippen MR) is 123 cm³/mol. The van der Waals surface area contributed by atoms with Gasteiger partial charge in [0.15, 0.2) is 5.13 Å². The molecule has 0 saturated heterocycles. The van der Waals surface area contributed by atoms with E-state index in [4.69, 9.17) is 9.72 Å². The highest BCUT2D eigenvalue weighted by Crippen LogP contribution is 2.28. The number of rotatable bonds is 7. The van der Waals surface area contributed by atoms with E-state index in [1.54, 1.807) is 25.6 Å². The maximum Gasteiger partial charge on any atom is 0.350 e. The number of ether oxygens (including phenoxy) is 1. The standard InChI is InChI=1S/C22H25N3O3S2/c1-6-28-21(27)20-15(5)23-22(30-20)24-17(26)7-8-29-18-11-13(3)16-10-12(2)9-14(4)19(16)25-18/h9-11H,6-8H2,1-5H3,(H,23,24,26). The Hall–Kier alpha value is -2.45. The van der Waals surface area contributed by atoms with Crippen molar-refractivity contribution in [3.63, 3.8) is 0 Å². The molecule has 6 nitrogen and oxygen atoms in total. The van der Waals surface area contributed by atoms with E-state index in [1.165, 1.54) is 16.5 Å². The van der Waals surface area contributed by atoms with Crippen molar-refractivity contribution in [3.05, 3.63) is 45.5 Å². The van der Waals surface area contributed by atoms with Gasteiger partial charge in [0.25, 0.3) is 0 Å². The molecule has 1 N–H and O–H groups in total. The van der Waals surface area contributed by atoms with Crippen LogP contribution in [0.4, 0.5) is 5.13 Å². The molecular formula is C22H25N3O3S2. The van der Waals surface area contributed by atoms with Crippen LogP contribution < -0.4 is 5.32 Å². The molecule has 158 valence electrons. The number of pyridine rings is 1. The summed E-state index contributed by atoms with van der Waals surface area (Å²) in [4.78, 5) is 33.6. The van der Waals surface area contributed by atoms with Gasteiger partial charge in [-0.3, -0.25) is 4.79 Å². The summed E-state index contributed by atoms with van der Waals surface area (Å²) in [6.45, 7) is 10.0. The van der Waals surface area contributed by atoms with Crippen molar-refractivity contribution in [1.29, 1.82) is 0 Å². The molecule has 0 atom stereocenters. The van der Waals surface area contributed by atoms with Gasteiger partial charge in [0.2, 0.25) is 5.91 Å². The monoisotopic (exact) mass is 443 g/mol. The van der Waals surface area contributed by atoms with Crippen molar-refractivity contribution in [2.24, 2.45) is 0 Å². The van der Waals surface area contributed by atoms with Gasteiger partial charge in [0.1, 0.15) is 4.88 Å². The Bertz CT molecular complexity index is 1110. The molecule has 0 saturated carbocycles. The molecular weight excluding hydrogens is 418 g/mol. The molecule has 0 aliphatic heterocycles. The van der Waals surface area contributed by atoms with Crippen LogP contribution in [-0.4, -0.2) is 34.2 Å². The van der Waals surface area contributed by atoms with Gasteiger partial charge in [-0.15, -0.1) is 11.8 Å². The number of esters is 1. The Kier molecular flexibility index (Phi) is 7.10. The molecule has 0 fully saturated rings. The Morgan fingerprint density at radius 2 is 1.87 bits per heavy atom. The van der Waals surface area contributed by atoms with E-state index in [0.717, 1.165) is 27.4 Å². The number of aryl methyl sites for hydroxylation is 4. The topological polar surface area (TPSA) is 81.2 Å². The number of amides is 1. The van der Waals surface area contributed by atoms with Crippen molar-refractivity contribution in [1.82, 2.24) is 9.97 Å². The number of thioether (sulfide) groups is 1. The minimum absolute atomic E-state index is 0.143. The number of carbonyl (C=O) groups is 2. The zero-order valence-electron chi connectivity index (χ0n) is 17.8. The highest BCUT2D eigenvalue weighted by molar-refractivity contribution is 7.99. The number of carbonyl (C=O) groups excluding carboxylic acids is 2. The van der Waals surface area contributed by atoms with Gasteiger partial charge < -0.3 is 10.1 Å². The maximum atomic E-state index is 12.3. The van der Waals surface area contributed by atoms with Crippen LogP contribution in [0, 0.1) is 27.7 Å². The van der Waals surface area contributed by atoms with Gasteiger partial charge in [0, 0.05) is 17.6 Å². The van der Waals surface area contributed by atoms with E-state index in [1.807, 2.05) is 0 Å². The first-order valence-electron chi connectivity index (χ1n) is 9.74. The van der Waals surface area contributed by atoms with Gasteiger partial charge in [-0.05, 0) is 57.9 Å². The van der Waals surface area contributed by atoms with E-state index >= 15 is 0 Å². The SMILES string of the molecule is CCOC(=O)c1sc(NC(=O)CCSc2cc(C)c3cc(C)cc(C)c3n2)nc1C. The van der Waals surface area contributed by atoms with Crippen molar-refractivity contribution in [2.45, 2.75) is 46.1 Å². The fourth-order valence-electron chi connectivity index (χ4n) is 3.15. The number of anilines is 1. The average Bonchev–Trinajstić information content (AvgIpc) is 3.03. The summed E-state index contributed by atoms with van der Waals surface area (Å²) in [7, 11) is 0. The summed E-state index contributed by atoms with van der Waals surface area (Å²) >= 11 is 2.69. The highest BCUT2D eigenvalue weighted by atomic mass is 32.2. The van der Waals surface area contributed by atoms with E-state index in [-0.39, 0.29) is 5.91 Å². The first-order valence-corrected chi connectivity index (χ1v) is 11.5. The lowest BCUT2D eigenvalue weighted by Gasteiger charge is -2.09. The number of hydrogen-bond acceptors (Lipinski definition) is 7. The molecule has 2 aromatic heterocycles. The first-order chi connectivity index (χ1) is 14.3. The third kappa shape index (κ3) is 5.17. The molecule has 3 aromatic rings. The number of hydrogen-bond donors (Lipinski definition) is 1. The summed E-state index contributed by atoms with van der Waals surface area (Å²) in [5.41, 5.74) is 5.14. The summed E-state index contributed by atoms with van der Waals surface area (Å²) in [6.07, 6.45) is 0.323. The number of benzene rings is 1. The zero-order chi connectivity index (χ0) is 21.8. The predicted octanol–water partition coefficient (Wildman–Crippen LogP) is 5.22. The first kappa shape index (κ1) is 22.2. The lowest BCUT2D eigenvalue weighted by atomic mass is 10.0. The Morgan fingerprint density at radius 1 is 1.10 bits per heavy atom. The average molecular weight is 444 g/mol. The number of fused-ring (bicyclic) bond motifs is 1. The van der Waals surface area contributed by atoms with Crippen molar-refractivity contribution >= 4 is 51.0 Å². The van der Waals surface area contributed by atoms with Crippen LogP contribution >= 0.6 is 23.1 Å². The number of nitrogens with zero attached hydrogens (tertiary/aromatic N) is 2. The van der Waals surface area contributed by atoms with Crippen molar-refractivity contribution in [3.8, 4) is 0 Å². The summed E-state index contributed by atoms with van der Waals surface area (Å²) in [6, 6.07) is 6.37. The smallest absolute Gasteiger partial charge is 0.350 e. The summed E-state index contributed by atoms with van der Waals surface area (Å²) in [5.74, 6) is 0.0480. The van der Waals surface area contributed by atoms with Gasteiger partial charge in [-0.1, -0.05) is 23.0 Å². The normalized spacial score (nSPS) is 11.0. The largest absolute Gasteiger partial charge is 0.462 e. The van der Waals surface area contributed by atoms with Crippen LogP contribution in [0.5, 0.6) is 0 Å². The molecule has 1 amide bonds. The Morgan fingerprint density at radius 3 is 2.60 bits per heavy atom. The fraction of sp³-hybridized carbons (Fsp3) is 0.364. The molecule has 2 heterocycles. The van der Waals surface area contributed by atoms with Crippen LogP contribution in [-0.2, 0) is 9.53 Å². The Balaban J connectivity index is 1.60. The molecule has 0 spiro atoms. The molecule has 0 radical (unpaired) electrons. The van der Waals surface area contributed by atoms with E-state index in [9.17, 15) is 9.59 Å². The summed E-state index contributed by atoms with van der Waals surface area (Å²) < 4.78 is 5.00. The molecule has 0 unspecified atom stereocenters. The van der Waals surface area contributed by atoms with E-state index in [0.29, 0.717) is 34.5 Å². The molecule has 3 rings (SSSR count). The van der Waals surface area contributed by atoms with E-state index in [2.05, 4.69) is 49.3 Å². The summed E-state index contributed by atoms with van der Waals surface area (Å²) in [5, 5.41) is 5.27. The van der Waals surface area contributed by atoms with Gasteiger partial charge in [0.05, 0.1) is 22.8 Å². The van der Waals surface area contributed by atoms with Crippen LogP contribution in [0.2, 0.25) is 0 Å². The molecule has 30 heavy (non-hydrogen) atoms. The number of thiazole rings is 1. The van der Waals surface area contributed by atoms with Crippen LogP contribution in [0.3, 0.4) is 0 Å².